The van der Waals surface area contributed by atoms with Crippen LogP contribution in [0.15, 0.2) is 12.1 Å². The number of hydrogen-bond donors (Lipinski definition) is 1. The fraction of sp³-hybridized carbons (Fsp3) is 0.500. The Morgan fingerprint density at radius 2 is 1.93 bits per heavy atom. The van der Waals surface area contributed by atoms with Crippen LogP contribution in [0.4, 0.5) is 5.69 Å². The summed E-state index contributed by atoms with van der Waals surface area (Å²) < 4.78 is 0. The zero-order valence-electron chi connectivity index (χ0n) is 8.98. The third kappa shape index (κ3) is 2.59. The third-order valence-corrected chi connectivity index (χ3v) is 3.68. The lowest BCUT2D eigenvalue weighted by atomic mass is 10.2. The van der Waals surface area contributed by atoms with Crippen molar-refractivity contribution >= 4 is 28.9 Å². The van der Waals surface area contributed by atoms with Gasteiger partial charge in [0.1, 0.15) is 0 Å². The lowest BCUT2D eigenvalue weighted by molar-refractivity contribution is 0.694. The largest absolute Gasteiger partial charge is 0.381 e. The lowest BCUT2D eigenvalue weighted by Gasteiger charge is -2.16. The van der Waals surface area contributed by atoms with Gasteiger partial charge in [0.05, 0.1) is 10.7 Å². The van der Waals surface area contributed by atoms with Gasteiger partial charge in [0, 0.05) is 11.1 Å². The molecule has 1 fully saturated rings. The summed E-state index contributed by atoms with van der Waals surface area (Å²) in [6.45, 7) is 4.16. The van der Waals surface area contributed by atoms with E-state index < -0.39 is 0 Å². The van der Waals surface area contributed by atoms with Gasteiger partial charge in [0.15, 0.2) is 0 Å². The highest BCUT2D eigenvalue weighted by atomic mass is 35.5. The topological polar surface area (TPSA) is 12.0 Å². The Kier molecular flexibility index (Phi) is 3.13. The molecule has 0 radical (unpaired) electrons. The van der Waals surface area contributed by atoms with Crippen molar-refractivity contribution < 1.29 is 0 Å². The molecular formula is C12H15Cl2N. The molecule has 1 unspecified atom stereocenters. The molecule has 82 valence electrons. The van der Waals surface area contributed by atoms with E-state index in [0.717, 1.165) is 27.2 Å². The molecular weight excluding hydrogens is 229 g/mol. The first-order chi connectivity index (χ1) is 7.08. The minimum atomic E-state index is 0.487. The highest BCUT2D eigenvalue weighted by Crippen LogP contribution is 2.36. The molecule has 1 atom stereocenters. The zero-order chi connectivity index (χ0) is 11.0. The Morgan fingerprint density at radius 1 is 1.27 bits per heavy atom. The number of nitrogens with one attached hydrogen (secondary N) is 1. The van der Waals surface area contributed by atoms with Crippen molar-refractivity contribution in [1.29, 1.82) is 0 Å². The summed E-state index contributed by atoms with van der Waals surface area (Å²) in [5, 5.41) is 4.95. The number of hydrogen-bond acceptors (Lipinski definition) is 1. The number of halogens is 2. The molecule has 0 spiro atoms. The molecule has 1 aromatic carbocycles. The molecule has 0 amide bonds. The molecule has 1 aliphatic carbocycles. The van der Waals surface area contributed by atoms with E-state index in [-0.39, 0.29) is 0 Å². The minimum Gasteiger partial charge on any atom is -0.381 e. The predicted octanol–water partition coefficient (Wildman–Crippen LogP) is 4.51. The molecule has 1 aromatic rings. The Hall–Kier alpha value is -0.400. The van der Waals surface area contributed by atoms with E-state index >= 15 is 0 Å². The molecule has 0 aromatic heterocycles. The van der Waals surface area contributed by atoms with Crippen molar-refractivity contribution in [2.45, 2.75) is 32.7 Å². The van der Waals surface area contributed by atoms with E-state index in [9.17, 15) is 0 Å². The monoisotopic (exact) mass is 243 g/mol. The van der Waals surface area contributed by atoms with Gasteiger partial charge >= 0.3 is 0 Å². The SMILES string of the molecule is Cc1cc(Cl)c(NC(C)C2CC2)cc1Cl. The molecule has 15 heavy (non-hydrogen) atoms. The maximum absolute atomic E-state index is 6.15. The average molecular weight is 244 g/mol. The summed E-state index contributed by atoms with van der Waals surface area (Å²) in [5.41, 5.74) is 1.97. The minimum absolute atomic E-state index is 0.487. The van der Waals surface area contributed by atoms with Crippen molar-refractivity contribution in [2.75, 3.05) is 5.32 Å². The quantitative estimate of drug-likeness (QED) is 0.824. The molecule has 3 heteroatoms. The summed E-state index contributed by atoms with van der Waals surface area (Å²) in [4.78, 5) is 0. The number of anilines is 1. The van der Waals surface area contributed by atoms with Crippen molar-refractivity contribution in [3.8, 4) is 0 Å². The maximum Gasteiger partial charge on any atom is 0.0641 e. The smallest absolute Gasteiger partial charge is 0.0641 e. The summed E-state index contributed by atoms with van der Waals surface area (Å²) in [6, 6.07) is 4.31. The first-order valence-electron chi connectivity index (χ1n) is 5.30. The van der Waals surface area contributed by atoms with Crippen LogP contribution in [-0.4, -0.2) is 6.04 Å². The molecule has 1 saturated carbocycles. The molecule has 1 nitrogen and oxygen atoms in total. The number of benzene rings is 1. The van der Waals surface area contributed by atoms with Crippen LogP contribution in [0.5, 0.6) is 0 Å². The molecule has 0 heterocycles. The molecule has 0 aliphatic heterocycles. The average Bonchev–Trinajstić information content (AvgIpc) is 2.97. The van der Waals surface area contributed by atoms with Gasteiger partial charge < -0.3 is 5.32 Å². The summed E-state index contributed by atoms with van der Waals surface area (Å²) in [7, 11) is 0. The Labute approximate surface area is 101 Å². The van der Waals surface area contributed by atoms with Crippen LogP contribution in [0, 0.1) is 12.8 Å². The summed E-state index contributed by atoms with van der Waals surface area (Å²) in [6.07, 6.45) is 2.65. The van der Waals surface area contributed by atoms with Gasteiger partial charge in [-0.1, -0.05) is 23.2 Å². The fourth-order valence-corrected chi connectivity index (χ4v) is 2.15. The highest BCUT2D eigenvalue weighted by molar-refractivity contribution is 6.35. The molecule has 1 N–H and O–H groups in total. The standard InChI is InChI=1S/C12H15Cl2N/c1-7-5-11(14)12(6-10(7)13)15-8(2)9-3-4-9/h5-6,8-9,15H,3-4H2,1-2H3. The van der Waals surface area contributed by atoms with Crippen LogP contribution in [0.25, 0.3) is 0 Å². The van der Waals surface area contributed by atoms with Gasteiger partial charge in [-0.05, 0) is 50.3 Å². The Balaban J connectivity index is 2.16. The molecule has 2 rings (SSSR count). The van der Waals surface area contributed by atoms with Crippen molar-refractivity contribution in [3.05, 3.63) is 27.7 Å². The van der Waals surface area contributed by atoms with Crippen LogP contribution >= 0.6 is 23.2 Å². The van der Waals surface area contributed by atoms with Gasteiger partial charge in [-0.3, -0.25) is 0 Å². The fourth-order valence-electron chi connectivity index (χ4n) is 1.72. The van der Waals surface area contributed by atoms with Gasteiger partial charge in [-0.25, -0.2) is 0 Å². The predicted molar refractivity (Wildman–Crippen MR) is 67.0 cm³/mol. The number of aryl methyl sites for hydroxylation is 1. The van der Waals surface area contributed by atoms with E-state index in [2.05, 4.69) is 12.2 Å². The van der Waals surface area contributed by atoms with Crippen LogP contribution in [-0.2, 0) is 0 Å². The van der Waals surface area contributed by atoms with E-state index in [1.54, 1.807) is 0 Å². The highest BCUT2D eigenvalue weighted by Gasteiger charge is 2.28. The molecule has 0 bridgehead atoms. The van der Waals surface area contributed by atoms with Crippen molar-refractivity contribution in [1.82, 2.24) is 0 Å². The van der Waals surface area contributed by atoms with Gasteiger partial charge in [-0.15, -0.1) is 0 Å². The third-order valence-electron chi connectivity index (χ3n) is 2.96. The maximum atomic E-state index is 6.15. The second kappa shape index (κ2) is 4.23. The second-order valence-electron chi connectivity index (χ2n) is 4.35. The zero-order valence-corrected chi connectivity index (χ0v) is 10.5. The van der Waals surface area contributed by atoms with Crippen molar-refractivity contribution in [2.24, 2.45) is 5.92 Å². The van der Waals surface area contributed by atoms with Crippen LogP contribution in [0.2, 0.25) is 10.0 Å². The van der Waals surface area contributed by atoms with Crippen LogP contribution < -0.4 is 5.32 Å². The molecule has 1 aliphatic rings. The summed E-state index contributed by atoms with van der Waals surface area (Å²) in [5.74, 6) is 0.807. The van der Waals surface area contributed by atoms with E-state index in [0.29, 0.717) is 6.04 Å². The molecule has 0 saturated heterocycles. The first-order valence-corrected chi connectivity index (χ1v) is 6.05. The van der Waals surface area contributed by atoms with E-state index in [4.69, 9.17) is 23.2 Å². The Bertz CT molecular complexity index is 372. The summed E-state index contributed by atoms with van der Waals surface area (Å²) >= 11 is 12.2. The Morgan fingerprint density at radius 3 is 2.53 bits per heavy atom. The van der Waals surface area contributed by atoms with Crippen molar-refractivity contribution in [3.63, 3.8) is 0 Å². The lowest BCUT2D eigenvalue weighted by Crippen LogP contribution is -2.17. The van der Waals surface area contributed by atoms with Gasteiger partial charge in [-0.2, -0.15) is 0 Å². The van der Waals surface area contributed by atoms with Crippen LogP contribution in [0.3, 0.4) is 0 Å². The second-order valence-corrected chi connectivity index (χ2v) is 5.17. The normalized spacial score (nSPS) is 17.6. The number of rotatable bonds is 3. The van der Waals surface area contributed by atoms with Crippen LogP contribution in [0.1, 0.15) is 25.3 Å². The van der Waals surface area contributed by atoms with E-state index in [1.165, 1.54) is 12.8 Å². The van der Waals surface area contributed by atoms with Gasteiger partial charge in [0.2, 0.25) is 0 Å². The first kappa shape index (κ1) is 11.1. The van der Waals surface area contributed by atoms with E-state index in [1.807, 2.05) is 19.1 Å². The van der Waals surface area contributed by atoms with Gasteiger partial charge in [0.25, 0.3) is 0 Å².